The molecule has 0 unspecified atom stereocenters. The minimum Gasteiger partial charge on any atom is -0.478 e. The van der Waals surface area contributed by atoms with E-state index in [4.69, 9.17) is 5.10 Å². The van der Waals surface area contributed by atoms with Crippen molar-refractivity contribution in [1.82, 2.24) is 9.78 Å². The average Bonchev–Trinajstić information content (AvgIpc) is 3.32. The van der Waals surface area contributed by atoms with E-state index in [1.807, 2.05) is 10.7 Å². The standard InChI is InChI=1S/C31H32N2O4S/c1-30(2)16-17-31(3,4)26-18-22(10-15-25(26)30)28-19-27(20-6-8-21(9-7-20)29(34)35)32-33(28)23-11-13-24(14-12-23)38(5,36)37/h6-15,18-19H,16-17H2,1-5H3,(H,34,35). The first kappa shape index (κ1) is 25.9. The van der Waals surface area contributed by atoms with Crippen LogP contribution in [0, 0.1) is 0 Å². The van der Waals surface area contributed by atoms with E-state index < -0.39 is 15.8 Å². The molecule has 0 atom stereocenters. The van der Waals surface area contributed by atoms with Crippen LogP contribution in [0.4, 0.5) is 0 Å². The third-order valence-corrected chi connectivity index (χ3v) is 8.92. The highest BCUT2D eigenvalue weighted by Gasteiger charge is 2.37. The second-order valence-corrected chi connectivity index (χ2v) is 13.5. The lowest BCUT2D eigenvalue weighted by atomic mass is 9.63. The molecule has 0 aliphatic heterocycles. The van der Waals surface area contributed by atoms with Gasteiger partial charge in [0.05, 0.1) is 27.5 Å². The second kappa shape index (κ2) is 8.95. The maximum absolute atomic E-state index is 12.0. The molecular weight excluding hydrogens is 496 g/mol. The number of hydrogen-bond acceptors (Lipinski definition) is 4. The zero-order valence-electron chi connectivity index (χ0n) is 22.3. The maximum atomic E-state index is 12.0. The molecule has 0 fully saturated rings. The van der Waals surface area contributed by atoms with E-state index in [1.54, 1.807) is 48.5 Å². The van der Waals surface area contributed by atoms with Crippen molar-refractivity contribution < 1.29 is 18.3 Å². The summed E-state index contributed by atoms with van der Waals surface area (Å²) in [6, 6.07) is 22.0. The van der Waals surface area contributed by atoms with Crippen LogP contribution in [0.3, 0.4) is 0 Å². The highest BCUT2D eigenvalue weighted by molar-refractivity contribution is 7.90. The number of aromatic nitrogens is 2. The van der Waals surface area contributed by atoms with Gasteiger partial charge in [-0.3, -0.25) is 0 Å². The van der Waals surface area contributed by atoms with Crippen LogP contribution in [0.25, 0.3) is 28.2 Å². The third-order valence-electron chi connectivity index (χ3n) is 7.80. The SMILES string of the molecule is CC1(C)CCC(C)(C)c2cc(-c3cc(-c4ccc(C(=O)O)cc4)nn3-c3ccc(S(C)(=O)=O)cc3)ccc21. The number of fused-ring (bicyclic) bond motifs is 1. The van der Waals surface area contributed by atoms with Gasteiger partial charge in [0.15, 0.2) is 9.84 Å². The van der Waals surface area contributed by atoms with Crippen molar-refractivity contribution in [2.75, 3.05) is 6.26 Å². The van der Waals surface area contributed by atoms with Gasteiger partial charge in [-0.05, 0) is 83.3 Å². The minimum atomic E-state index is -3.32. The third kappa shape index (κ3) is 4.67. The van der Waals surface area contributed by atoms with Gasteiger partial charge in [0.1, 0.15) is 0 Å². The zero-order valence-corrected chi connectivity index (χ0v) is 23.1. The summed E-state index contributed by atoms with van der Waals surface area (Å²) >= 11 is 0. The zero-order chi connectivity index (χ0) is 27.5. The Kier molecular flexibility index (Phi) is 6.10. The van der Waals surface area contributed by atoms with Crippen molar-refractivity contribution >= 4 is 15.8 Å². The van der Waals surface area contributed by atoms with E-state index in [1.165, 1.54) is 17.4 Å². The molecule has 4 aromatic rings. The lowest BCUT2D eigenvalue weighted by Gasteiger charge is -2.42. The van der Waals surface area contributed by atoms with Gasteiger partial charge in [-0.25, -0.2) is 17.9 Å². The van der Waals surface area contributed by atoms with Crippen LogP contribution in [0.5, 0.6) is 0 Å². The Labute approximate surface area is 223 Å². The van der Waals surface area contributed by atoms with Gasteiger partial charge < -0.3 is 5.11 Å². The Morgan fingerprint density at radius 2 is 1.39 bits per heavy atom. The number of sulfone groups is 1. The number of carboxylic acids is 1. The highest BCUT2D eigenvalue weighted by Crippen LogP contribution is 2.47. The van der Waals surface area contributed by atoms with Gasteiger partial charge >= 0.3 is 5.97 Å². The fourth-order valence-electron chi connectivity index (χ4n) is 5.29. The fourth-order valence-corrected chi connectivity index (χ4v) is 5.92. The molecule has 38 heavy (non-hydrogen) atoms. The molecule has 1 aliphatic carbocycles. The minimum absolute atomic E-state index is 0.0400. The second-order valence-electron chi connectivity index (χ2n) is 11.5. The monoisotopic (exact) mass is 528 g/mol. The molecule has 3 aromatic carbocycles. The molecule has 7 heteroatoms. The molecule has 1 heterocycles. The summed E-state index contributed by atoms with van der Waals surface area (Å²) < 4.78 is 25.9. The first-order valence-corrected chi connectivity index (χ1v) is 14.6. The molecule has 0 bridgehead atoms. The van der Waals surface area contributed by atoms with Crippen molar-refractivity contribution in [3.63, 3.8) is 0 Å². The molecular formula is C31H32N2O4S. The summed E-state index contributed by atoms with van der Waals surface area (Å²) in [6.45, 7) is 9.18. The van der Waals surface area contributed by atoms with Gasteiger partial charge in [-0.15, -0.1) is 0 Å². The predicted molar refractivity (Wildman–Crippen MR) is 150 cm³/mol. The number of benzene rings is 3. The van der Waals surface area contributed by atoms with E-state index in [9.17, 15) is 18.3 Å². The largest absolute Gasteiger partial charge is 0.478 e. The van der Waals surface area contributed by atoms with Crippen molar-refractivity contribution in [2.24, 2.45) is 0 Å². The summed E-state index contributed by atoms with van der Waals surface area (Å²) in [4.78, 5) is 11.6. The van der Waals surface area contributed by atoms with Crippen LogP contribution >= 0.6 is 0 Å². The van der Waals surface area contributed by atoms with Crippen molar-refractivity contribution in [3.05, 3.63) is 89.5 Å². The van der Waals surface area contributed by atoms with Crippen LogP contribution in [0.1, 0.15) is 62.0 Å². The molecule has 6 nitrogen and oxygen atoms in total. The average molecular weight is 529 g/mol. The quantitative estimate of drug-likeness (QED) is 0.313. The Morgan fingerprint density at radius 3 is 1.97 bits per heavy atom. The summed E-state index contributed by atoms with van der Waals surface area (Å²) in [6.07, 6.45) is 3.42. The van der Waals surface area contributed by atoms with E-state index >= 15 is 0 Å². The van der Waals surface area contributed by atoms with E-state index in [0.29, 0.717) is 5.69 Å². The van der Waals surface area contributed by atoms with Gasteiger partial charge in [0, 0.05) is 17.4 Å². The van der Waals surface area contributed by atoms with E-state index in [-0.39, 0.29) is 21.3 Å². The van der Waals surface area contributed by atoms with Gasteiger partial charge in [0.2, 0.25) is 0 Å². The molecule has 0 saturated carbocycles. The van der Waals surface area contributed by atoms with E-state index in [2.05, 4.69) is 45.9 Å². The first-order chi connectivity index (χ1) is 17.8. The Hall–Kier alpha value is -3.71. The Balaban J connectivity index is 1.69. The van der Waals surface area contributed by atoms with Crippen LogP contribution < -0.4 is 0 Å². The molecule has 0 saturated heterocycles. The summed E-state index contributed by atoms with van der Waals surface area (Å²) in [5, 5.41) is 14.2. The first-order valence-electron chi connectivity index (χ1n) is 12.7. The molecule has 0 spiro atoms. The summed E-state index contributed by atoms with van der Waals surface area (Å²) in [7, 11) is -3.32. The number of carboxylic acid groups (broad SMARTS) is 1. The van der Waals surface area contributed by atoms with Crippen molar-refractivity contribution in [2.45, 2.75) is 56.3 Å². The molecule has 196 valence electrons. The maximum Gasteiger partial charge on any atom is 0.335 e. The summed E-state index contributed by atoms with van der Waals surface area (Å²) in [5.41, 5.74) is 7.16. The smallest absolute Gasteiger partial charge is 0.335 e. The van der Waals surface area contributed by atoms with Gasteiger partial charge in [0.25, 0.3) is 0 Å². The lowest BCUT2D eigenvalue weighted by Crippen LogP contribution is -2.33. The Bertz CT molecular complexity index is 1650. The number of rotatable bonds is 5. The van der Waals surface area contributed by atoms with Gasteiger partial charge in [-0.1, -0.05) is 52.0 Å². The predicted octanol–water partition coefficient (Wildman–Crippen LogP) is 6.66. The molecule has 0 amide bonds. The number of carbonyl (C=O) groups is 1. The molecule has 0 radical (unpaired) electrons. The van der Waals surface area contributed by atoms with Crippen molar-refractivity contribution in [1.29, 1.82) is 0 Å². The highest BCUT2D eigenvalue weighted by atomic mass is 32.2. The molecule has 1 N–H and O–H groups in total. The normalized spacial score (nSPS) is 16.1. The van der Waals surface area contributed by atoms with Crippen molar-refractivity contribution in [3.8, 4) is 28.2 Å². The summed E-state index contributed by atoms with van der Waals surface area (Å²) in [5.74, 6) is -0.978. The lowest BCUT2D eigenvalue weighted by molar-refractivity contribution is 0.0697. The van der Waals surface area contributed by atoms with Crippen LogP contribution in [-0.4, -0.2) is 35.5 Å². The number of hydrogen-bond donors (Lipinski definition) is 1. The molecule has 1 aliphatic rings. The molecule has 5 rings (SSSR count). The Morgan fingerprint density at radius 1 is 0.816 bits per heavy atom. The number of aromatic carboxylic acids is 1. The topological polar surface area (TPSA) is 89.3 Å². The molecule has 1 aromatic heterocycles. The number of nitrogens with zero attached hydrogens (tertiary/aromatic N) is 2. The van der Waals surface area contributed by atoms with Crippen LogP contribution in [0.2, 0.25) is 0 Å². The fraction of sp³-hybridized carbons (Fsp3) is 0.290. The van der Waals surface area contributed by atoms with Crippen LogP contribution in [-0.2, 0) is 20.7 Å². The van der Waals surface area contributed by atoms with Gasteiger partial charge in [-0.2, -0.15) is 5.10 Å². The van der Waals surface area contributed by atoms with Crippen LogP contribution in [0.15, 0.2) is 77.7 Å². The van der Waals surface area contributed by atoms with E-state index in [0.717, 1.165) is 35.3 Å².